The fraction of sp³-hybridized carbons (Fsp3) is 0.625. The van der Waals surface area contributed by atoms with Crippen molar-refractivity contribution < 1.29 is 0 Å². The third kappa shape index (κ3) is 2.26. The molecule has 1 N–H and O–H groups in total. The highest BCUT2D eigenvalue weighted by atomic mass is 16.1. The van der Waals surface area contributed by atoms with E-state index in [1.54, 1.807) is 17.0 Å². The molecule has 62 valence electrons. The first-order chi connectivity index (χ1) is 5.20. The van der Waals surface area contributed by atoms with Crippen LogP contribution >= 0.6 is 0 Å². The van der Waals surface area contributed by atoms with E-state index in [1.807, 2.05) is 0 Å². The van der Waals surface area contributed by atoms with E-state index in [1.165, 1.54) is 0 Å². The number of hydrogen-bond acceptors (Lipinski definition) is 1. The first-order valence-corrected chi connectivity index (χ1v) is 3.94. The topological polar surface area (TPSA) is 37.8 Å². The van der Waals surface area contributed by atoms with Gasteiger partial charge in [-0.2, -0.15) is 0 Å². The zero-order valence-electron chi connectivity index (χ0n) is 7.00. The van der Waals surface area contributed by atoms with Crippen LogP contribution in [0.2, 0.25) is 0 Å². The number of H-pyrrole nitrogens is 1. The van der Waals surface area contributed by atoms with Gasteiger partial charge in [-0.05, 0) is 12.3 Å². The van der Waals surface area contributed by atoms with Crippen molar-refractivity contribution in [3.63, 3.8) is 0 Å². The maximum atomic E-state index is 10.9. The number of nitrogens with zero attached hydrogens (tertiary/aromatic N) is 1. The minimum absolute atomic E-state index is 0.00866. The van der Waals surface area contributed by atoms with Crippen LogP contribution in [0.1, 0.15) is 20.3 Å². The molecule has 1 aromatic heterocycles. The summed E-state index contributed by atoms with van der Waals surface area (Å²) in [6, 6.07) is 0. The highest BCUT2D eigenvalue weighted by Gasteiger charge is 1.97. The average Bonchev–Trinajstić information content (AvgIpc) is 2.31. The molecule has 3 heteroatoms. The van der Waals surface area contributed by atoms with Crippen molar-refractivity contribution in [2.45, 2.75) is 26.8 Å². The van der Waals surface area contributed by atoms with Gasteiger partial charge >= 0.3 is 5.69 Å². The molecule has 0 fully saturated rings. The van der Waals surface area contributed by atoms with Gasteiger partial charge in [0.05, 0.1) is 0 Å². The molecule has 0 aliphatic carbocycles. The Labute approximate surface area is 66.1 Å². The van der Waals surface area contributed by atoms with Crippen molar-refractivity contribution >= 4 is 0 Å². The smallest absolute Gasteiger partial charge is 0.313 e. The van der Waals surface area contributed by atoms with E-state index in [-0.39, 0.29) is 5.69 Å². The Morgan fingerprint density at radius 3 is 2.82 bits per heavy atom. The maximum absolute atomic E-state index is 10.9. The SMILES string of the molecule is CC(C)CCn1cc[nH]c1=O. The predicted molar refractivity (Wildman–Crippen MR) is 44.5 cm³/mol. The number of rotatable bonds is 3. The molecule has 1 rings (SSSR count). The number of hydrogen-bond donors (Lipinski definition) is 1. The molecule has 3 nitrogen and oxygen atoms in total. The Balaban J connectivity index is 2.51. The van der Waals surface area contributed by atoms with Crippen LogP contribution in [0.15, 0.2) is 17.2 Å². The van der Waals surface area contributed by atoms with E-state index in [0.29, 0.717) is 5.92 Å². The summed E-state index contributed by atoms with van der Waals surface area (Å²) < 4.78 is 1.69. The molecule has 1 aromatic rings. The minimum atomic E-state index is -0.00866. The number of nitrogens with one attached hydrogen (secondary N) is 1. The summed E-state index contributed by atoms with van der Waals surface area (Å²) in [5.74, 6) is 0.650. The molecular formula is C8H14N2O. The molecule has 0 amide bonds. The number of aromatic nitrogens is 2. The monoisotopic (exact) mass is 154 g/mol. The van der Waals surface area contributed by atoms with Gasteiger partial charge in [-0.1, -0.05) is 13.8 Å². The average molecular weight is 154 g/mol. The molecule has 0 aliphatic rings. The minimum Gasteiger partial charge on any atom is -0.313 e. The van der Waals surface area contributed by atoms with Crippen LogP contribution in [0.3, 0.4) is 0 Å². The summed E-state index contributed by atoms with van der Waals surface area (Å²) in [5.41, 5.74) is -0.00866. The normalized spacial score (nSPS) is 10.8. The van der Waals surface area contributed by atoms with Gasteiger partial charge in [0.1, 0.15) is 0 Å². The summed E-state index contributed by atoms with van der Waals surface area (Å²) in [6.45, 7) is 5.12. The Morgan fingerprint density at radius 1 is 1.64 bits per heavy atom. The van der Waals surface area contributed by atoms with Gasteiger partial charge in [-0.3, -0.25) is 4.57 Å². The third-order valence-corrected chi connectivity index (χ3v) is 1.67. The van der Waals surface area contributed by atoms with Crippen LogP contribution < -0.4 is 5.69 Å². The largest absolute Gasteiger partial charge is 0.325 e. The van der Waals surface area contributed by atoms with Gasteiger partial charge in [0.2, 0.25) is 0 Å². The van der Waals surface area contributed by atoms with Crippen molar-refractivity contribution in [1.29, 1.82) is 0 Å². The second-order valence-corrected chi connectivity index (χ2v) is 3.14. The second kappa shape index (κ2) is 3.42. The van der Waals surface area contributed by atoms with E-state index in [9.17, 15) is 4.79 Å². The van der Waals surface area contributed by atoms with Crippen LogP contribution in [0.5, 0.6) is 0 Å². The molecule has 0 saturated carbocycles. The van der Waals surface area contributed by atoms with Gasteiger partial charge in [0, 0.05) is 18.9 Å². The Hall–Kier alpha value is -0.990. The van der Waals surface area contributed by atoms with Crippen molar-refractivity contribution in [1.82, 2.24) is 9.55 Å². The highest BCUT2D eigenvalue weighted by Crippen LogP contribution is 1.99. The highest BCUT2D eigenvalue weighted by molar-refractivity contribution is 4.75. The molecule has 0 atom stereocenters. The van der Waals surface area contributed by atoms with Gasteiger partial charge in [0.25, 0.3) is 0 Å². The number of aromatic amines is 1. The van der Waals surface area contributed by atoms with Crippen molar-refractivity contribution in [2.75, 3.05) is 0 Å². The molecule has 0 bridgehead atoms. The Kier molecular flexibility index (Phi) is 2.52. The van der Waals surface area contributed by atoms with Gasteiger partial charge in [-0.15, -0.1) is 0 Å². The Morgan fingerprint density at radius 2 is 2.36 bits per heavy atom. The van der Waals surface area contributed by atoms with Crippen molar-refractivity contribution in [3.8, 4) is 0 Å². The lowest BCUT2D eigenvalue weighted by atomic mass is 10.1. The fourth-order valence-corrected chi connectivity index (χ4v) is 0.923. The lowest BCUT2D eigenvalue weighted by Gasteiger charge is -2.03. The maximum Gasteiger partial charge on any atom is 0.325 e. The molecule has 0 radical (unpaired) electrons. The number of aryl methyl sites for hydroxylation is 1. The standard InChI is InChI=1S/C8H14N2O/c1-7(2)3-5-10-6-4-9-8(10)11/h4,6-7H,3,5H2,1-2H3,(H,9,11). The molecule has 0 unspecified atom stereocenters. The third-order valence-electron chi connectivity index (χ3n) is 1.67. The van der Waals surface area contributed by atoms with E-state index in [2.05, 4.69) is 18.8 Å². The van der Waals surface area contributed by atoms with E-state index < -0.39 is 0 Å². The quantitative estimate of drug-likeness (QED) is 0.698. The molecule has 0 spiro atoms. The van der Waals surface area contributed by atoms with Crippen LogP contribution in [0, 0.1) is 5.92 Å². The molecule has 0 aromatic carbocycles. The predicted octanol–water partition coefficient (Wildman–Crippen LogP) is 1.22. The second-order valence-electron chi connectivity index (χ2n) is 3.14. The summed E-state index contributed by atoms with van der Waals surface area (Å²) in [7, 11) is 0. The van der Waals surface area contributed by atoms with Crippen molar-refractivity contribution in [2.24, 2.45) is 5.92 Å². The van der Waals surface area contributed by atoms with Crippen molar-refractivity contribution in [3.05, 3.63) is 22.9 Å². The van der Waals surface area contributed by atoms with Crippen LogP contribution in [-0.4, -0.2) is 9.55 Å². The van der Waals surface area contributed by atoms with Gasteiger partial charge < -0.3 is 4.98 Å². The first-order valence-electron chi connectivity index (χ1n) is 3.94. The summed E-state index contributed by atoms with van der Waals surface area (Å²) in [4.78, 5) is 13.5. The van der Waals surface area contributed by atoms with Gasteiger partial charge in [0.15, 0.2) is 0 Å². The fourth-order valence-electron chi connectivity index (χ4n) is 0.923. The first kappa shape index (κ1) is 8.11. The zero-order chi connectivity index (χ0) is 8.27. The number of imidazole rings is 1. The summed E-state index contributed by atoms with van der Waals surface area (Å²) >= 11 is 0. The summed E-state index contributed by atoms with van der Waals surface area (Å²) in [5, 5.41) is 0. The zero-order valence-corrected chi connectivity index (χ0v) is 7.00. The molecule has 1 heterocycles. The van der Waals surface area contributed by atoms with Crippen LogP contribution in [-0.2, 0) is 6.54 Å². The summed E-state index contributed by atoms with van der Waals surface area (Å²) in [6.07, 6.45) is 4.51. The molecular weight excluding hydrogens is 140 g/mol. The molecule has 11 heavy (non-hydrogen) atoms. The molecule has 0 saturated heterocycles. The molecule has 0 aliphatic heterocycles. The van der Waals surface area contributed by atoms with Gasteiger partial charge in [-0.25, -0.2) is 4.79 Å². The lowest BCUT2D eigenvalue weighted by molar-refractivity contribution is 0.509. The van der Waals surface area contributed by atoms with E-state index in [0.717, 1.165) is 13.0 Å². The van der Waals surface area contributed by atoms with E-state index >= 15 is 0 Å². The van der Waals surface area contributed by atoms with Crippen LogP contribution in [0.25, 0.3) is 0 Å². The lowest BCUT2D eigenvalue weighted by Crippen LogP contribution is -2.16. The van der Waals surface area contributed by atoms with Crippen LogP contribution in [0.4, 0.5) is 0 Å². The Bertz CT molecular complexity index is 259. The van der Waals surface area contributed by atoms with E-state index in [4.69, 9.17) is 0 Å².